The Morgan fingerprint density at radius 2 is 1.94 bits per heavy atom. The van der Waals surface area contributed by atoms with Gasteiger partial charge in [-0.25, -0.2) is 4.79 Å². The van der Waals surface area contributed by atoms with Gasteiger partial charge in [0.25, 0.3) is 0 Å². The van der Waals surface area contributed by atoms with Gasteiger partial charge in [-0.3, -0.25) is 4.79 Å². The van der Waals surface area contributed by atoms with Gasteiger partial charge in [0.15, 0.2) is 0 Å². The number of carbonyl (C=O) groups excluding carboxylic acids is 2. The molecule has 0 spiro atoms. The number of carbonyl (C=O) groups is 2. The predicted octanol–water partition coefficient (Wildman–Crippen LogP) is 2.47. The van der Waals surface area contributed by atoms with Gasteiger partial charge in [-0.1, -0.05) is 24.8 Å². The molecule has 0 radical (unpaired) electrons. The van der Waals surface area contributed by atoms with E-state index in [0.717, 1.165) is 5.56 Å². The average molecular weight is 218 g/mol. The van der Waals surface area contributed by atoms with Crippen molar-refractivity contribution >= 4 is 17.8 Å². The van der Waals surface area contributed by atoms with E-state index in [2.05, 4.69) is 6.58 Å². The van der Waals surface area contributed by atoms with Crippen molar-refractivity contribution in [2.24, 2.45) is 0 Å². The second-order valence-corrected chi connectivity index (χ2v) is 3.41. The molecular weight excluding hydrogens is 204 g/mol. The number of rotatable bonds is 5. The van der Waals surface area contributed by atoms with Crippen molar-refractivity contribution < 1.29 is 14.3 Å². The Balaban J connectivity index is 2.52. The molecular formula is C13H14O3. The second kappa shape index (κ2) is 5.85. The third-order valence-corrected chi connectivity index (χ3v) is 2.07. The van der Waals surface area contributed by atoms with Crippen LogP contribution in [0.4, 0.5) is 0 Å². The van der Waals surface area contributed by atoms with Crippen molar-refractivity contribution in [1.82, 2.24) is 0 Å². The summed E-state index contributed by atoms with van der Waals surface area (Å²) in [5.41, 5.74) is 1.43. The predicted molar refractivity (Wildman–Crippen MR) is 62.1 cm³/mol. The maximum absolute atomic E-state index is 11.5. The molecule has 0 fully saturated rings. The Morgan fingerprint density at radius 1 is 1.31 bits per heavy atom. The molecule has 0 aliphatic rings. The normalized spacial score (nSPS) is 9.56. The number of hydrogen-bond acceptors (Lipinski definition) is 3. The molecule has 0 unspecified atom stereocenters. The highest BCUT2D eigenvalue weighted by Gasteiger charge is 2.06. The molecule has 0 aliphatic heterocycles. The minimum Gasteiger partial charge on any atom is -0.462 e. The summed E-state index contributed by atoms with van der Waals surface area (Å²) >= 11 is 0. The molecule has 1 aromatic carbocycles. The fourth-order valence-corrected chi connectivity index (χ4v) is 1.13. The lowest BCUT2D eigenvalue weighted by Gasteiger charge is -2.03. The van der Waals surface area contributed by atoms with Crippen molar-refractivity contribution in [2.75, 3.05) is 6.61 Å². The summed E-state index contributed by atoms with van der Waals surface area (Å²) in [7, 11) is 0. The van der Waals surface area contributed by atoms with Gasteiger partial charge in [0.05, 0.1) is 12.2 Å². The molecule has 0 heterocycles. The molecule has 0 aliphatic carbocycles. The molecule has 0 amide bonds. The Labute approximate surface area is 94.7 Å². The maximum Gasteiger partial charge on any atom is 0.338 e. The standard InChI is InChI=1S/C13H14O3/c1-3-11-4-6-12(7-5-11)13(15)16-9-8-10(2)14/h3-7H,1,8-9H2,2H3. The van der Waals surface area contributed by atoms with Gasteiger partial charge < -0.3 is 4.74 Å². The number of esters is 1. The van der Waals surface area contributed by atoms with E-state index in [0.29, 0.717) is 5.56 Å². The zero-order chi connectivity index (χ0) is 12.0. The lowest BCUT2D eigenvalue weighted by atomic mass is 10.1. The van der Waals surface area contributed by atoms with Crippen molar-refractivity contribution in [2.45, 2.75) is 13.3 Å². The minimum atomic E-state index is -0.406. The molecule has 3 heteroatoms. The average Bonchev–Trinajstić information content (AvgIpc) is 2.28. The van der Waals surface area contributed by atoms with Crippen molar-refractivity contribution in [3.8, 4) is 0 Å². The highest BCUT2D eigenvalue weighted by molar-refractivity contribution is 5.89. The Kier molecular flexibility index (Phi) is 4.45. The van der Waals surface area contributed by atoms with E-state index >= 15 is 0 Å². The molecule has 0 atom stereocenters. The van der Waals surface area contributed by atoms with E-state index in [1.807, 2.05) is 0 Å². The number of benzene rings is 1. The summed E-state index contributed by atoms with van der Waals surface area (Å²) in [5, 5.41) is 0. The van der Waals surface area contributed by atoms with Crippen molar-refractivity contribution in [3.05, 3.63) is 42.0 Å². The van der Waals surface area contributed by atoms with Crippen LogP contribution in [0.2, 0.25) is 0 Å². The Bertz CT molecular complexity index is 390. The van der Waals surface area contributed by atoms with Gasteiger partial charge >= 0.3 is 5.97 Å². The number of ketones is 1. The maximum atomic E-state index is 11.5. The highest BCUT2D eigenvalue weighted by Crippen LogP contribution is 2.07. The van der Waals surface area contributed by atoms with E-state index in [4.69, 9.17) is 4.74 Å². The van der Waals surface area contributed by atoms with Gasteiger partial charge in [-0.2, -0.15) is 0 Å². The molecule has 0 aromatic heterocycles. The van der Waals surface area contributed by atoms with Crippen LogP contribution in [-0.2, 0) is 9.53 Å². The molecule has 1 aromatic rings. The topological polar surface area (TPSA) is 43.4 Å². The molecule has 0 saturated carbocycles. The quantitative estimate of drug-likeness (QED) is 0.713. The van der Waals surface area contributed by atoms with Crippen LogP contribution in [-0.4, -0.2) is 18.4 Å². The lowest BCUT2D eigenvalue weighted by Crippen LogP contribution is -2.08. The van der Waals surface area contributed by atoms with Gasteiger partial charge in [0.2, 0.25) is 0 Å². The van der Waals surface area contributed by atoms with Crippen LogP contribution in [0.15, 0.2) is 30.8 Å². The summed E-state index contributed by atoms with van der Waals surface area (Å²) < 4.78 is 4.93. The molecule has 0 saturated heterocycles. The van der Waals surface area contributed by atoms with Crippen LogP contribution in [0.1, 0.15) is 29.3 Å². The zero-order valence-corrected chi connectivity index (χ0v) is 9.23. The molecule has 84 valence electrons. The van der Waals surface area contributed by atoms with Crippen LogP contribution in [0, 0.1) is 0 Å². The number of ether oxygens (including phenoxy) is 1. The molecule has 0 N–H and O–H groups in total. The zero-order valence-electron chi connectivity index (χ0n) is 9.23. The van der Waals surface area contributed by atoms with Gasteiger partial charge in [0, 0.05) is 6.42 Å². The largest absolute Gasteiger partial charge is 0.462 e. The molecule has 1 rings (SSSR count). The van der Waals surface area contributed by atoms with Crippen LogP contribution in [0.5, 0.6) is 0 Å². The fraction of sp³-hybridized carbons (Fsp3) is 0.231. The molecule has 3 nitrogen and oxygen atoms in total. The summed E-state index contributed by atoms with van der Waals surface area (Å²) in [6.45, 7) is 5.22. The van der Waals surface area contributed by atoms with E-state index in [1.54, 1.807) is 30.3 Å². The SMILES string of the molecule is C=Cc1ccc(C(=O)OCCC(C)=O)cc1. The lowest BCUT2D eigenvalue weighted by molar-refractivity contribution is -0.117. The van der Waals surface area contributed by atoms with Gasteiger partial charge in [0.1, 0.15) is 5.78 Å². The first-order valence-electron chi connectivity index (χ1n) is 5.02. The fourth-order valence-electron chi connectivity index (χ4n) is 1.13. The monoisotopic (exact) mass is 218 g/mol. The van der Waals surface area contributed by atoms with Crippen molar-refractivity contribution in [1.29, 1.82) is 0 Å². The van der Waals surface area contributed by atoms with E-state index in [-0.39, 0.29) is 18.8 Å². The van der Waals surface area contributed by atoms with Gasteiger partial charge in [-0.15, -0.1) is 0 Å². The second-order valence-electron chi connectivity index (χ2n) is 3.41. The number of hydrogen-bond donors (Lipinski definition) is 0. The Hall–Kier alpha value is -1.90. The Morgan fingerprint density at radius 3 is 2.44 bits per heavy atom. The first-order valence-corrected chi connectivity index (χ1v) is 5.02. The summed E-state index contributed by atoms with van der Waals surface area (Å²) in [4.78, 5) is 22.1. The highest BCUT2D eigenvalue weighted by atomic mass is 16.5. The molecule has 16 heavy (non-hydrogen) atoms. The summed E-state index contributed by atoms with van der Waals surface area (Å²) in [6.07, 6.45) is 1.96. The third kappa shape index (κ3) is 3.69. The minimum absolute atomic E-state index is 0.00908. The van der Waals surface area contributed by atoms with E-state index in [1.165, 1.54) is 6.92 Å². The third-order valence-electron chi connectivity index (χ3n) is 2.07. The van der Waals surface area contributed by atoms with Crippen LogP contribution < -0.4 is 0 Å². The van der Waals surface area contributed by atoms with Gasteiger partial charge in [-0.05, 0) is 24.6 Å². The van der Waals surface area contributed by atoms with Crippen molar-refractivity contribution in [3.63, 3.8) is 0 Å². The van der Waals surface area contributed by atoms with E-state index in [9.17, 15) is 9.59 Å². The summed E-state index contributed by atoms with van der Waals surface area (Å²) in [6, 6.07) is 6.92. The first-order chi connectivity index (χ1) is 7.63. The first kappa shape index (κ1) is 12.2. The van der Waals surface area contributed by atoms with Crippen LogP contribution in [0.25, 0.3) is 6.08 Å². The molecule has 0 bridgehead atoms. The number of Topliss-reactive ketones (excluding diaryl/α,β-unsaturated/α-hetero) is 1. The summed E-state index contributed by atoms with van der Waals surface area (Å²) in [5.74, 6) is -0.397. The van der Waals surface area contributed by atoms with E-state index < -0.39 is 5.97 Å². The van der Waals surface area contributed by atoms with Crippen LogP contribution >= 0.6 is 0 Å². The van der Waals surface area contributed by atoms with Crippen LogP contribution in [0.3, 0.4) is 0 Å². The smallest absolute Gasteiger partial charge is 0.338 e.